The number of methoxy groups -OCH3 is 1. The quantitative estimate of drug-likeness (QED) is 0.350. The molecule has 1 aromatic rings. The summed E-state index contributed by atoms with van der Waals surface area (Å²) >= 11 is 0. The van der Waals surface area contributed by atoms with E-state index in [9.17, 15) is 14.4 Å². The third kappa shape index (κ3) is 8.11. The van der Waals surface area contributed by atoms with E-state index < -0.39 is 12.1 Å². The molecule has 0 unspecified atom stereocenters. The number of carbonyl (C=O) groups is 3. The number of hydrogen-bond donors (Lipinski definition) is 2. The van der Waals surface area contributed by atoms with Gasteiger partial charge in [-0.25, -0.2) is 0 Å². The van der Waals surface area contributed by atoms with Gasteiger partial charge < -0.3 is 20.1 Å². The molecule has 1 aromatic carbocycles. The van der Waals surface area contributed by atoms with Crippen LogP contribution in [0.15, 0.2) is 18.2 Å². The number of nitrogens with one attached hydrogen (secondary N) is 2. The van der Waals surface area contributed by atoms with Crippen molar-refractivity contribution in [3.8, 4) is 11.5 Å². The van der Waals surface area contributed by atoms with Gasteiger partial charge in [0.1, 0.15) is 6.17 Å². The smallest absolute Gasteiger partial charge is 0.308 e. The summed E-state index contributed by atoms with van der Waals surface area (Å²) in [5, 5.41) is 5.71. The molecule has 150 valence electrons. The lowest BCUT2D eigenvalue weighted by Crippen LogP contribution is -2.41. The van der Waals surface area contributed by atoms with Crippen LogP contribution in [0.1, 0.15) is 71.0 Å². The van der Waals surface area contributed by atoms with E-state index in [1.807, 2.05) is 13.8 Å². The molecule has 1 rings (SSSR count). The highest BCUT2D eigenvalue weighted by Gasteiger charge is 2.19. The van der Waals surface area contributed by atoms with Gasteiger partial charge in [0.15, 0.2) is 11.5 Å². The maximum Gasteiger partial charge on any atom is 0.308 e. The lowest BCUT2D eigenvalue weighted by molar-refractivity contribution is -0.132. The van der Waals surface area contributed by atoms with Crippen molar-refractivity contribution in [1.82, 2.24) is 10.6 Å². The lowest BCUT2D eigenvalue weighted by Gasteiger charge is -2.22. The Balaban J connectivity index is 3.03. The maximum atomic E-state index is 12.2. The average molecular weight is 378 g/mol. The highest BCUT2D eigenvalue weighted by atomic mass is 16.6. The summed E-state index contributed by atoms with van der Waals surface area (Å²) < 4.78 is 10.4. The highest BCUT2D eigenvalue weighted by molar-refractivity contribution is 5.79. The van der Waals surface area contributed by atoms with Gasteiger partial charge in [0.2, 0.25) is 11.8 Å². The van der Waals surface area contributed by atoms with Crippen LogP contribution in [-0.4, -0.2) is 24.9 Å². The number of hydrogen-bond acceptors (Lipinski definition) is 5. The molecule has 0 saturated carbocycles. The van der Waals surface area contributed by atoms with Gasteiger partial charge in [-0.1, -0.05) is 32.8 Å². The molecule has 0 aliphatic rings. The van der Waals surface area contributed by atoms with Crippen molar-refractivity contribution in [3.63, 3.8) is 0 Å². The van der Waals surface area contributed by atoms with Crippen LogP contribution in [0.2, 0.25) is 0 Å². The fraction of sp³-hybridized carbons (Fsp3) is 0.550. The average Bonchev–Trinajstić information content (AvgIpc) is 2.64. The molecule has 2 N–H and O–H groups in total. The molecule has 2 amide bonds. The molecule has 0 bridgehead atoms. The second kappa shape index (κ2) is 11.9. The zero-order chi connectivity index (χ0) is 20.2. The molecule has 0 radical (unpaired) electrons. The van der Waals surface area contributed by atoms with Crippen molar-refractivity contribution in [1.29, 1.82) is 0 Å². The number of rotatable bonds is 11. The second-order valence-corrected chi connectivity index (χ2v) is 6.28. The van der Waals surface area contributed by atoms with Gasteiger partial charge in [-0.2, -0.15) is 0 Å². The Morgan fingerprint density at radius 3 is 1.96 bits per heavy atom. The summed E-state index contributed by atoms with van der Waals surface area (Å²) in [6, 6.07) is 4.91. The molecular formula is C20H30N2O5. The SMILES string of the molecule is CCCCC(=O)NC(NC(=O)CCCC)c1ccc(OC(C)=O)c(OC)c1. The Hall–Kier alpha value is -2.57. The van der Waals surface area contributed by atoms with Gasteiger partial charge in [-0.15, -0.1) is 0 Å². The maximum absolute atomic E-state index is 12.2. The van der Waals surface area contributed by atoms with Crippen LogP contribution in [0.5, 0.6) is 11.5 Å². The number of esters is 1. The Labute approximate surface area is 160 Å². The van der Waals surface area contributed by atoms with Gasteiger partial charge >= 0.3 is 5.97 Å². The molecule has 0 heterocycles. The zero-order valence-corrected chi connectivity index (χ0v) is 16.6. The first kappa shape index (κ1) is 22.5. The van der Waals surface area contributed by atoms with E-state index in [2.05, 4.69) is 10.6 Å². The van der Waals surface area contributed by atoms with Crippen LogP contribution in [0.25, 0.3) is 0 Å². The minimum Gasteiger partial charge on any atom is -0.493 e. The largest absolute Gasteiger partial charge is 0.493 e. The van der Waals surface area contributed by atoms with Gasteiger partial charge in [-0.3, -0.25) is 14.4 Å². The number of ether oxygens (including phenoxy) is 2. The van der Waals surface area contributed by atoms with Crippen LogP contribution in [-0.2, 0) is 14.4 Å². The lowest BCUT2D eigenvalue weighted by atomic mass is 10.1. The normalized spacial score (nSPS) is 10.4. The molecule has 0 aliphatic heterocycles. The summed E-state index contributed by atoms with van der Waals surface area (Å²) in [5.41, 5.74) is 0.637. The first-order chi connectivity index (χ1) is 12.9. The van der Waals surface area contributed by atoms with Gasteiger partial charge in [-0.05, 0) is 30.5 Å². The van der Waals surface area contributed by atoms with Crippen LogP contribution in [0.4, 0.5) is 0 Å². The second-order valence-electron chi connectivity index (χ2n) is 6.28. The van der Waals surface area contributed by atoms with Crippen LogP contribution in [0, 0.1) is 0 Å². The zero-order valence-electron chi connectivity index (χ0n) is 16.6. The molecule has 0 spiro atoms. The Morgan fingerprint density at radius 1 is 0.963 bits per heavy atom. The standard InChI is InChI=1S/C20H30N2O5/c1-5-7-9-18(24)21-20(22-19(25)10-8-6-2)15-11-12-16(27-14(3)23)17(13-15)26-4/h11-13,20H,5-10H2,1-4H3,(H,21,24)(H,22,25). The topological polar surface area (TPSA) is 93.7 Å². The Morgan fingerprint density at radius 2 is 1.52 bits per heavy atom. The summed E-state index contributed by atoms with van der Waals surface area (Å²) in [6.45, 7) is 5.32. The predicted molar refractivity (Wildman–Crippen MR) is 102 cm³/mol. The van der Waals surface area contributed by atoms with E-state index in [4.69, 9.17) is 9.47 Å². The summed E-state index contributed by atoms with van der Waals surface area (Å²) in [5.74, 6) is -0.111. The molecule has 0 aliphatic carbocycles. The molecule has 7 heteroatoms. The van der Waals surface area contributed by atoms with E-state index in [-0.39, 0.29) is 17.6 Å². The predicted octanol–water partition coefficient (Wildman–Crippen LogP) is 3.23. The molecule has 7 nitrogen and oxygen atoms in total. The van der Waals surface area contributed by atoms with Crippen LogP contribution >= 0.6 is 0 Å². The monoisotopic (exact) mass is 378 g/mol. The number of carbonyl (C=O) groups excluding carboxylic acids is 3. The number of benzene rings is 1. The van der Waals surface area contributed by atoms with Crippen LogP contribution < -0.4 is 20.1 Å². The molecule has 0 atom stereocenters. The van der Waals surface area contributed by atoms with E-state index in [0.717, 1.165) is 25.7 Å². The summed E-state index contributed by atoms with van der Waals surface area (Å²) in [4.78, 5) is 35.6. The minimum atomic E-state index is -0.681. The van der Waals surface area contributed by atoms with Crippen molar-refractivity contribution in [3.05, 3.63) is 23.8 Å². The highest BCUT2D eigenvalue weighted by Crippen LogP contribution is 2.30. The van der Waals surface area contributed by atoms with Gasteiger partial charge in [0, 0.05) is 19.8 Å². The Bertz CT molecular complexity index is 623. The van der Waals surface area contributed by atoms with Crippen LogP contribution in [0.3, 0.4) is 0 Å². The van der Waals surface area contributed by atoms with Crippen molar-refractivity contribution in [2.75, 3.05) is 7.11 Å². The van der Waals surface area contributed by atoms with Crippen molar-refractivity contribution >= 4 is 17.8 Å². The first-order valence-corrected chi connectivity index (χ1v) is 9.36. The summed E-state index contributed by atoms with van der Waals surface area (Å²) in [7, 11) is 1.46. The van der Waals surface area contributed by atoms with Gasteiger partial charge in [0.05, 0.1) is 7.11 Å². The van der Waals surface area contributed by atoms with Crippen molar-refractivity contribution in [2.45, 2.75) is 65.5 Å². The molecule has 0 fully saturated rings. The summed E-state index contributed by atoms with van der Waals surface area (Å²) in [6.07, 6.45) is 3.46. The van der Waals surface area contributed by atoms with Crippen molar-refractivity contribution < 1.29 is 23.9 Å². The number of unbranched alkanes of at least 4 members (excludes halogenated alkanes) is 2. The van der Waals surface area contributed by atoms with E-state index in [1.165, 1.54) is 14.0 Å². The van der Waals surface area contributed by atoms with E-state index >= 15 is 0 Å². The van der Waals surface area contributed by atoms with Crippen molar-refractivity contribution in [2.24, 2.45) is 0 Å². The Kier molecular flexibility index (Phi) is 9.93. The van der Waals surface area contributed by atoms with E-state index in [0.29, 0.717) is 24.2 Å². The fourth-order valence-corrected chi connectivity index (χ4v) is 2.45. The fourth-order valence-electron chi connectivity index (χ4n) is 2.45. The molecule has 0 aromatic heterocycles. The minimum absolute atomic E-state index is 0.138. The van der Waals surface area contributed by atoms with E-state index in [1.54, 1.807) is 18.2 Å². The number of amides is 2. The molecule has 27 heavy (non-hydrogen) atoms. The molecular weight excluding hydrogens is 348 g/mol. The third-order valence-corrected chi connectivity index (χ3v) is 3.90. The first-order valence-electron chi connectivity index (χ1n) is 9.36. The third-order valence-electron chi connectivity index (χ3n) is 3.90. The molecule has 0 saturated heterocycles. The van der Waals surface area contributed by atoms with Gasteiger partial charge in [0.25, 0.3) is 0 Å².